The molecule has 0 aliphatic rings. The lowest BCUT2D eigenvalue weighted by atomic mass is 10.2. The van der Waals surface area contributed by atoms with Gasteiger partial charge in [0, 0.05) is 25.1 Å². The molecule has 1 N–H and O–H groups in total. The van der Waals surface area contributed by atoms with E-state index < -0.39 is 0 Å². The van der Waals surface area contributed by atoms with Gasteiger partial charge in [-0.2, -0.15) is 0 Å². The third kappa shape index (κ3) is 3.32. The van der Waals surface area contributed by atoms with Gasteiger partial charge in [0.1, 0.15) is 0 Å². The maximum Gasteiger partial charge on any atom is 0.203 e. The van der Waals surface area contributed by atoms with Crippen LogP contribution >= 0.6 is 0 Å². The molecule has 0 saturated carbocycles. The molecule has 0 atom stereocenters. The molecule has 2 aromatic heterocycles. The van der Waals surface area contributed by atoms with Crippen molar-refractivity contribution < 1.29 is 0 Å². The van der Waals surface area contributed by atoms with Crippen LogP contribution < -0.4 is 5.32 Å². The second-order valence-corrected chi connectivity index (χ2v) is 4.97. The molecule has 0 amide bonds. The number of nitrogens with zero attached hydrogens (tertiary/aromatic N) is 3. The molecule has 0 bridgehead atoms. The Kier molecular flexibility index (Phi) is 3.97. The second kappa shape index (κ2) is 5.67. The molecule has 0 aromatic carbocycles. The lowest BCUT2D eigenvalue weighted by molar-refractivity contribution is 0.676. The number of rotatable bonds is 5. The molecule has 0 saturated heterocycles. The number of aryl methyl sites for hydroxylation is 1. The Morgan fingerprint density at radius 2 is 2.22 bits per heavy atom. The molecule has 2 heterocycles. The van der Waals surface area contributed by atoms with Crippen LogP contribution in [0.3, 0.4) is 0 Å². The molecule has 0 aliphatic heterocycles. The van der Waals surface area contributed by atoms with Crippen molar-refractivity contribution in [3.05, 3.63) is 42.0 Å². The fourth-order valence-electron chi connectivity index (χ4n) is 1.79. The van der Waals surface area contributed by atoms with E-state index in [1.807, 2.05) is 19.2 Å². The quantitative estimate of drug-likeness (QED) is 0.879. The van der Waals surface area contributed by atoms with E-state index in [2.05, 4.69) is 46.0 Å². The second-order valence-electron chi connectivity index (χ2n) is 4.97. The van der Waals surface area contributed by atoms with Crippen molar-refractivity contribution in [2.24, 2.45) is 5.92 Å². The fraction of sp³-hybridized carbons (Fsp3) is 0.429. The van der Waals surface area contributed by atoms with Crippen molar-refractivity contribution in [1.29, 1.82) is 0 Å². The van der Waals surface area contributed by atoms with Crippen LogP contribution in [0.25, 0.3) is 0 Å². The van der Waals surface area contributed by atoms with Gasteiger partial charge in [0.25, 0.3) is 0 Å². The van der Waals surface area contributed by atoms with Crippen molar-refractivity contribution in [1.82, 2.24) is 14.5 Å². The fourth-order valence-corrected chi connectivity index (χ4v) is 1.79. The van der Waals surface area contributed by atoms with E-state index in [0.717, 1.165) is 24.7 Å². The largest absolute Gasteiger partial charge is 0.355 e. The summed E-state index contributed by atoms with van der Waals surface area (Å²) in [6.07, 6.45) is 5.75. The van der Waals surface area contributed by atoms with E-state index in [0.29, 0.717) is 5.92 Å². The summed E-state index contributed by atoms with van der Waals surface area (Å²) >= 11 is 0. The van der Waals surface area contributed by atoms with Crippen molar-refractivity contribution in [3.8, 4) is 0 Å². The molecule has 2 aromatic rings. The minimum absolute atomic E-state index is 0.605. The van der Waals surface area contributed by atoms with E-state index in [4.69, 9.17) is 0 Å². The maximum atomic E-state index is 4.51. The summed E-state index contributed by atoms with van der Waals surface area (Å²) < 4.78 is 2.13. The Labute approximate surface area is 108 Å². The van der Waals surface area contributed by atoms with E-state index in [9.17, 15) is 0 Å². The average Bonchev–Trinajstić information content (AvgIpc) is 2.68. The van der Waals surface area contributed by atoms with E-state index >= 15 is 0 Å². The molecular weight excluding hydrogens is 224 g/mol. The number of aromatic nitrogens is 3. The van der Waals surface area contributed by atoms with Crippen LogP contribution in [0.15, 0.2) is 30.7 Å². The van der Waals surface area contributed by atoms with Crippen LogP contribution in [0.5, 0.6) is 0 Å². The van der Waals surface area contributed by atoms with Gasteiger partial charge in [0.2, 0.25) is 5.95 Å². The topological polar surface area (TPSA) is 42.7 Å². The molecule has 0 fully saturated rings. The number of pyridine rings is 1. The zero-order valence-corrected chi connectivity index (χ0v) is 11.2. The van der Waals surface area contributed by atoms with Gasteiger partial charge in [0.15, 0.2) is 0 Å². The molecular formula is C14H20N4. The predicted octanol–water partition coefficient (Wildman–Crippen LogP) is 2.70. The summed E-state index contributed by atoms with van der Waals surface area (Å²) in [7, 11) is 0. The highest BCUT2D eigenvalue weighted by molar-refractivity contribution is 5.30. The zero-order valence-electron chi connectivity index (χ0n) is 11.2. The Balaban J connectivity index is 2.12. The minimum atomic E-state index is 0.605. The van der Waals surface area contributed by atoms with Crippen molar-refractivity contribution in [3.63, 3.8) is 0 Å². The molecule has 0 spiro atoms. The molecule has 0 aliphatic carbocycles. The Morgan fingerprint density at radius 3 is 2.89 bits per heavy atom. The normalized spacial score (nSPS) is 10.9. The summed E-state index contributed by atoms with van der Waals surface area (Å²) in [5, 5.41) is 3.39. The molecule has 18 heavy (non-hydrogen) atoms. The van der Waals surface area contributed by atoms with Crippen LogP contribution in [-0.4, -0.2) is 21.1 Å². The van der Waals surface area contributed by atoms with Gasteiger partial charge in [-0.05, 0) is 24.5 Å². The van der Waals surface area contributed by atoms with Crippen molar-refractivity contribution >= 4 is 5.95 Å². The Morgan fingerprint density at radius 1 is 1.39 bits per heavy atom. The van der Waals surface area contributed by atoms with Gasteiger partial charge in [-0.15, -0.1) is 0 Å². The van der Waals surface area contributed by atoms with Crippen molar-refractivity contribution in [2.75, 3.05) is 11.9 Å². The summed E-state index contributed by atoms with van der Waals surface area (Å²) in [5.41, 5.74) is 2.22. The number of hydrogen-bond donors (Lipinski definition) is 1. The first-order valence-electron chi connectivity index (χ1n) is 6.31. The van der Waals surface area contributed by atoms with E-state index in [-0.39, 0.29) is 0 Å². The van der Waals surface area contributed by atoms with Crippen LogP contribution in [0.1, 0.15) is 25.1 Å². The SMILES string of the molecule is Cc1cn(Cc2cccnc2)c(NCC(C)C)n1. The monoisotopic (exact) mass is 244 g/mol. The zero-order chi connectivity index (χ0) is 13.0. The number of anilines is 1. The average molecular weight is 244 g/mol. The summed E-state index contributed by atoms with van der Waals surface area (Å²) in [6, 6.07) is 4.04. The third-order valence-electron chi connectivity index (χ3n) is 2.64. The van der Waals surface area contributed by atoms with E-state index in [1.54, 1.807) is 6.20 Å². The molecule has 96 valence electrons. The van der Waals surface area contributed by atoms with Crippen LogP contribution in [0, 0.1) is 12.8 Å². The molecule has 0 radical (unpaired) electrons. The van der Waals surface area contributed by atoms with Gasteiger partial charge in [-0.3, -0.25) is 4.98 Å². The molecule has 2 rings (SSSR count). The van der Waals surface area contributed by atoms with Gasteiger partial charge in [-0.25, -0.2) is 4.98 Å². The Bertz CT molecular complexity index is 488. The van der Waals surface area contributed by atoms with Crippen LogP contribution in [0.4, 0.5) is 5.95 Å². The highest BCUT2D eigenvalue weighted by Gasteiger charge is 2.06. The first-order valence-corrected chi connectivity index (χ1v) is 6.31. The maximum absolute atomic E-state index is 4.51. The molecule has 0 unspecified atom stereocenters. The first-order chi connectivity index (χ1) is 8.65. The van der Waals surface area contributed by atoms with Gasteiger partial charge in [0.05, 0.1) is 12.2 Å². The standard InChI is InChI=1S/C14H20N4/c1-11(2)7-16-14-17-12(3)9-18(14)10-13-5-4-6-15-8-13/h4-6,8-9,11H,7,10H2,1-3H3,(H,16,17). The first kappa shape index (κ1) is 12.6. The highest BCUT2D eigenvalue weighted by atomic mass is 15.2. The number of hydrogen-bond acceptors (Lipinski definition) is 3. The van der Waals surface area contributed by atoms with Crippen LogP contribution in [-0.2, 0) is 6.54 Å². The number of imidazole rings is 1. The third-order valence-corrected chi connectivity index (χ3v) is 2.64. The lowest BCUT2D eigenvalue weighted by Crippen LogP contribution is -2.13. The van der Waals surface area contributed by atoms with E-state index in [1.165, 1.54) is 5.56 Å². The van der Waals surface area contributed by atoms with Gasteiger partial charge in [-0.1, -0.05) is 19.9 Å². The number of nitrogens with one attached hydrogen (secondary N) is 1. The van der Waals surface area contributed by atoms with Crippen LogP contribution in [0.2, 0.25) is 0 Å². The van der Waals surface area contributed by atoms with Gasteiger partial charge < -0.3 is 9.88 Å². The highest BCUT2D eigenvalue weighted by Crippen LogP contribution is 2.12. The van der Waals surface area contributed by atoms with Gasteiger partial charge >= 0.3 is 0 Å². The smallest absolute Gasteiger partial charge is 0.203 e. The Hall–Kier alpha value is -1.84. The molecule has 4 nitrogen and oxygen atoms in total. The lowest BCUT2D eigenvalue weighted by Gasteiger charge is -2.11. The summed E-state index contributed by atoms with van der Waals surface area (Å²) in [6.45, 7) is 8.13. The molecule has 4 heteroatoms. The summed E-state index contributed by atoms with van der Waals surface area (Å²) in [5.74, 6) is 1.54. The minimum Gasteiger partial charge on any atom is -0.355 e. The van der Waals surface area contributed by atoms with Crippen molar-refractivity contribution in [2.45, 2.75) is 27.3 Å². The predicted molar refractivity (Wildman–Crippen MR) is 73.6 cm³/mol. The summed E-state index contributed by atoms with van der Waals surface area (Å²) in [4.78, 5) is 8.65.